The first-order valence-electron chi connectivity index (χ1n) is 4.80. The molecule has 0 bridgehead atoms. The average Bonchev–Trinajstić information content (AvgIpc) is 2.17. The van der Waals surface area contributed by atoms with Gasteiger partial charge in [-0.2, -0.15) is 0 Å². The van der Waals surface area contributed by atoms with Crippen LogP contribution in [0, 0.1) is 5.41 Å². The summed E-state index contributed by atoms with van der Waals surface area (Å²) in [5, 5.41) is 12.5. The van der Waals surface area contributed by atoms with Crippen LogP contribution in [-0.2, 0) is 9.53 Å². The van der Waals surface area contributed by atoms with Gasteiger partial charge in [0.25, 0.3) is 0 Å². The molecule has 2 N–H and O–H groups in total. The number of carboxylic acids is 1. The summed E-state index contributed by atoms with van der Waals surface area (Å²) in [5.74, 6) is -0.704. The lowest BCUT2D eigenvalue weighted by Gasteiger charge is -2.44. The fraction of sp³-hybridized carbons (Fsp3) is 0.889. The molecule has 2 heterocycles. The molecule has 0 spiro atoms. The molecule has 2 atom stereocenters. The number of hydrogen-bond donors (Lipinski definition) is 2. The summed E-state index contributed by atoms with van der Waals surface area (Å²) in [6, 6.07) is 0.118. The summed E-state index contributed by atoms with van der Waals surface area (Å²) in [4.78, 5) is 11.2. The van der Waals surface area contributed by atoms with Gasteiger partial charge in [0, 0.05) is 12.6 Å². The van der Waals surface area contributed by atoms with Crippen LogP contribution in [0.25, 0.3) is 0 Å². The molecule has 0 aromatic carbocycles. The Morgan fingerprint density at radius 2 is 2.46 bits per heavy atom. The molecule has 2 rings (SSSR count). The van der Waals surface area contributed by atoms with Gasteiger partial charge < -0.3 is 15.2 Å². The Balaban J connectivity index is 2.21. The Kier molecular flexibility index (Phi) is 2.26. The minimum absolute atomic E-state index is 0.118. The molecule has 2 aliphatic heterocycles. The van der Waals surface area contributed by atoms with Gasteiger partial charge in [-0.15, -0.1) is 0 Å². The van der Waals surface area contributed by atoms with Gasteiger partial charge in [-0.25, -0.2) is 0 Å². The molecular weight excluding hydrogens is 170 g/mol. The molecule has 0 aromatic rings. The molecule has 0 amide bonds. The van der Waals surface area contributed by atoms with Crippen molar-refractivity contribution in [2.75, 3.05) is 19.8 Å². The lowest BCUT2D eigenvalue weighted by atomic mass is 9.72. The number of aliphatic carboxylic acids is 1. The van der Waals surface area contributed by atoms with E-state index in [2.05, 4.69) is 5.32 Å². The zero-order valence-electron chi connectivity index (χ0n) is 7.58. The van der Waals surface area contributed by atoms with Crippen molar-refractivity contribution in [2.45, 2.75) is 25.3 Å². The summed E-state index contributed by atoms with van der Waals surface area (Å²) in [6.07, 6.45) is 2.51. The number of nitrogens with one attached hydrogen (secondary N) is 1. The van der Waals surface area contributed by atoms with Crippen molar-refractivity contribution in [1.82, 2.24) is 5.32 Å². The van der Waals surface area contributed by atoms with E-state index < -0.39 is 11.4 Å². The zero-order chi connectivity index (χ0) is 9.31. The minimum atomic E-state index is -0.704. The van der Waals surface area contributed by atoms with Crippen LogP contribution < -0.4 is 5.32 Å². The summed E-state index contributed by atoms with van der Waals surface area (Å²) in [6.45, 7) is 2.01. The van der Waals surface area contributed by atoms with E-state index in [4.69, 9.17) is 4.74 Å². The first-order valence-corrected chi connectivity index (χ1v) is 4.80. The molecule has 0 unspecified atom stereocenters. The third-order valence-corrected chi connectivity index (χ3v) is 3.19. The van der Waals surface area contributed by atoms with E-state index in [0.717, 1.165) is 25.8 Å². The quantitative estimate of drug-likeness (QED) is 0.614. The number of ether oxygens (including phenoxy) is 1. The molecular formula is C9H15NO3. The van der Waals surface area contributed by atoms with Crippen molar-refractivity contribution in [3.05, 3.63) is 0 Å². The Bertz CT molecular complexity index is 205. The van der Waals surface area contributed by atoms with Gasteiger partial charge in [0.2, 0.25) is 0 Å². The maximum atomic E-state index is 11.2. The number of fused-ring (bicyclic) bond motifs is 1. The number of piperidine rings is 1. The summed E-state index contributed by atoms with van der Waals surface area (Å²) < 4.78 is 5.28. The molecule has 4 nitrogen and oxygen atoms in total. The largest absolute Gasteiger partial charge is 0.481 e. The lowest BCUT2D eigenvalue weighted by Crippen LogP contribution is -2.59. The molecule has 0 aliphatic carbocycles. The minimum Gasteiger partial charge on any atom is -0.481 e. The summed E-state index contributed by atoms with van der Waals surface area (Å²) in [5.41, 5.74) is -0.642. The van der Waals surface area contributed by atoms with E-state index >= 15 is 0 Å². The first kappa shape index (κ1) is 8.97. The van der Waals surface area contributed by atoms with Gasteiger partial charge in [-0.3, -0.25) is 4.79 Å². The Labute approximate surface area is 77.3 Å². The van der Waals surface area contributed by atoms with Gasteiger partial charge in [0.1, 0.15) is 5.41 Å². The second-order valence-electron chi connectivity index (χ2n) is 3.91. The molecule has 2 aliphatic rings. The molecule has 2 saturated heterocycles. The maximum Gasteiger partial charge on any atom is 0.313 e. The van der Waals surface area contributed by atoms with Crippen molar-refractivity contribution in [3.8, 4) is 0 Å². The fourth-order valence-electron chi connectivity index (χ4n) is 2.37. The molecule has 2 fully saturated rings. The van der Waals surface area contributed by atoms with E-state index in [9.17, 15) is 9.90 Å². The number of rotatable bonds is 1. The van der Waals surface area contributed by atoms with Gasteiger partial charge in [0.05, 0.1) is 6.61 Å². The van der Waals surface area contributed by atoms with Crippen molar-refractivity contribution in [1.29, 1.82) is 0 Å². The second-order valence-corrected chi connectivity index (χ2v) is 3.91. The molecule has 4 heteroatoms. The van der Waals surface area contributed by atoms with E-state index in [1.54, 1.807) is 0 Å². The number of hydrogen-bond acceptors (Lipinski definition) is 3. The van der Waals surface area contributed by atoms with Crippen molar-refractivity contribution >= 4 is 5.97 Å². The van der Waals surface area contributed by atoms with Crippen LogP contribution in [0.15, 0.2) is 0 Å². The lowest BCUT2D eigenvalue weighted by molar-refractivity contribution is -0.163. The Morgan fingerprint density at radius 1 is 1.62 bits per heavy atom. The van der Waals surface area contributed by atoms with Crippen molar-refractivity contribution < 1.29 is 14.6 Å². The van der Waals surface area contributed by atoms with Crippen molar-refractivity contribution in [3.63, 3.8) is 0 Å². The SMILES string of the molecule is O=C(O)[C@]12CCCN[C@@H]1CCOC2. The standard InChI is InChI=1S/C9H15NO3/c11-8(12)9-3-1-4-10-7(9)2-5-13-6-9/h7,10H,1-6H2,(H,11,12)/t7-,9+/m1/s1. The van der Waals surface area contributed by atoms with Crippen LogP contribution in [0.2, 0.25) is 0 Å². The Hall–Kier alpha value is -0.610. The highest BCUT2D eigenvalue weighted by molar-refractivity contribution is 5.76. The van der Waals surface area contributed by atoms with Gasteiger partial charge in [-0.1, -0.05) is 0 Å². The van der Waals surface area contributed by atoms with E-state index in [0.29, 0.717) is 13.2 Å². The molecule has 0 aromatic heterocycles. The monoisotopic (exact) mass is 185 g/mol. The Morgan fingerprint density at radius 3 is 3.15 bits per heavy atom. The summed E-state index contributed by atoms with van der Waals surface area (Å²) in [7, 11) is 0. The fourth-order valence-corrected chi connectivity index (χ4v) is 2.37. The molecule has 0 radical (unpaired) electrons. The predicted molar refractivity (Wildman–Crippen MR) is 46.5 cm³/mol. The maximum absolute atomic E-state index is 11.2. The number of carboxylic acid groups (broad SMARTS) is 1. The van der Waals surface area contributed by atoms with Crippen LogP contribution in [0.1, 0.15) is 19.3 Å². The topological polar surface area (TPSA) is 58.6 Å². The second kappa shape index (κ2) is 3.27. The first-order chi connectivity index (χ1) is 6.26. The van der Waals surface area contributed by atoms with Crippen LogP contribution in [0.5, 0.6) is 0 Å². The highest BCUT2D eigenvalue weighted by Crippen LogP contribution is 2.36. The van der Waals surface area contributed by atoms with E-state index in [1.807, 2.05) is 0 Å². The van der Waals surface area contributed by atoms with Crippen LogP contribution in [0.4, 0.5) is 0 Å². The van der Waals surface area contributed by atoms with Crippen LogP contribution >= 0.6 is 0 Å². The van der Waals surface area contributed by atoms with Crippen LogP contribution in [-0.4, -0.2) is 36.9 Å². The predicted octanol–water partition coefficient (Wildman–Crippen LogP) is 0.230. The number of carbonyl (C=O) groups is 1. The molecule has 74 valence electrons. The molecule has 13 heavy (non-hydrogen) atoms. The average molecular weight is 185 g/mol. The van der Waals surface area contributed by atoms with Crippen LogP contribution in [0.3, 0.4) is 0 Å². The third-order valence-electron chi connectivity index (χ3n) is 3.19. The van der Waals surface area contributed by atoms with Gasteiger partial charge >= 0.3 is 5.97 Å². The highest BCUT2D eigenvalue weighted by Gasteiger charge is 2.49. The normalized spacial score (nSPS) is 39.5. The highest BCUT2D eigenvalue weighted by atomic mass is 16.5. The van der Waals surface area contributed by atoms with Gasteiger partial charge in [0.15, 0.2) is 0 Å². The van der Waals surface area contributed by atoms with Crippen molar-refractivity contribution in [2.24, 2.45) is 5.41 Å². The van der Waals surface area contributed by atoms with E-state index in [-0.39, 0.29) is 6.04 Å². The third kappa shape index (κ3) is 1.34. The van der Waals surface area contributed by atoms with Gasteiger partial charge in [-0.05, 0) is 25.8 Å². The van der Waals surface area contributed by atoms with E-state index in [1.165, 1.54) is 0 Å². The molecule has 0 saturated carbocycles. The smallest absolute Gasteiger partial charge is 0.313 e. The summed E-state index contributed by atoms with van der Waals surface area (Å²) >= 11 is 0. The zero-order valence-corrected chi connectivity index (χ0v) is 7.58.